The molecule has 0 aromatic carbocycles. The van der Waals surface area contributed by atoms with Crippen LogP contribution in [0.5, 0.6) is 0 Å². The lowest BCUT2D eigenvalue weighted by atomic mass is 10.1. The Balaban J connectivity index is 1.73. The van der Waals surface area contributed by atoms with Gasteiger partial charge >= 0.3 is 0 Å². The smallest absolute Gasteiger partial charge is 0.0195 e. The lowest BCUT2D eigenvalue weighted by molar-refractivity contribution is 0.152. The van der Waals surface area contributed by atoms with Crippen LogP contribution in [-0.4, -0.2) is 54.6 Å². The number of nitrogens with zero attached hydrogens (tertiary/aromatic N) is 2. The SMILES string of the molecule is CC(CN1CCCCC1)N1CCC(N)C1. The van der Waals surface area contributed by atoms with Gasteiger partial charge in [-0.3, -0.25) is 4.90 Å². The second-order valence-corrected chi connectivity index (χ2v) is 5.25. The lowest BCUT2D eigenvalue weighted by Crippen LogP contribution is -2.43. The zero-order chi connectivity index (χ0) is 10.7. The molecular formula is C12H25N3. The Kier molecular flexibility index (Phi) is 4.00. The van der Waals surface area contributed by atoms with E-state index in [1.807, 2.05) is 0 Å². The maximum atomic E-state index is 5.94. The molecule has 2 rings (SSSR count). The predicted octanol–water partition coefficient (Wildman–Crippen LogP) is 0.894. The van der Waals surface area contributed by atoms with Gasteiger partial charge in [-0.05, 0) is 39.3 Å². The van der Waals surface area contributed by atoms with Gasteiger partial charge in [-0.25, -0.2) is 0 Å². The van der Waals surface area contributed by atoms with Crippen LogP contribution in [0.25, 0.3) is 0 Å². The van der Waals surface area contributed by atoms with Crippen molar-refractivity contribution in [3.05, 3.63) is 0 Å². The number of nitrogens with two attached hydrogens (primary N) is 1. The maximum Gasteiger partial charge on any atom is 0.0195 e. The number of piperidine rings is 1. The molecule has 0 aromatic rings. The van der Waals surface area contributed by atoms with Crippen LogP contribution in [0.3, 0.4) is 0 Å². The highest BCUT2D eigenvalue weighted by Crippen LogP contribution is 2.14. The van der Waals surface area contributed by atoms with Crippen molar-refractivity contribution in [2.24, 2.45) is 5.73 Å². The first-order chi connectivity index (χ1) is 7.25. The molecular weight excluding hydrogens is 186 g/mol. The first-order valence-electron chi connectivity index (χ1n) is 6.47. The van der Waals surface area contributed by atoms with Crippen molar-refractivity contribution >= 4 is 0 Å². The largest absolute Gasteiger partial charge is 0.326 e. The van der Waals surface area contributed by atoms with E-state index >= 15 is 0 Å². The van der Waals surface area contributed by atoms with E-state index in [0.717, 1.165) is 6.54 Å². The van der Waals surface area contributed by atoms with Gasteiger partial charge in [0.15, 0.2) is 0 Å². The van der Waals surface area contributed by atoms with Crippen LogP contribution in [-0.2, 0) is 0 Å². The van der Waals surface area contributed by atoms with Gasteiger partial charge in [0.25, 0.3) is 0 Å². The minimum absolute atomic E-state index is 0.425. The zero-order valence-electron chi connectivity index (χ0n) is 9.99. The Morgan fingerprint density at radius 3 is 2.53 bits per heavy atom. The summed E-state index contributed by atoms with van der Waals surface area (Å²) < 4.78 is 0. The number of likely N-dealkylation sites (tertiary alicyclic amines) is 2. The van der Waals surface area contributed by atoms with Crippen LogP contribution in [0.4, 0.5) is 0 Å². The highest BCUT2D eigenvalue weighted by atomic mass is 15.2. The summed E-state index contributed by atoms with van der Waals surface area (Å²) in [6, 6.07) is 1.12. The molecule has 15 heavy (non-hydrogen) atoms. The summed E-state index contributed by atoms with van der Waals surface area (Å²) in [7, 11) is 0. The monoisotopic (exact) mass is 211 g/mol. The average molecular weight is 211 g/mol. The highest BCUT2D eigenvalue weighted by molar-refractivity contribution is 4.83. The molecule has 3 nitrogen and oxygen atoms in total. The Morgan fingerprint density at radius 1 is 1.20 bits per heavy atom. The molecule has 0 aliphatic carbocycles. The van der Waals surface area contributed by atoms with Crippen molar-refractivity contribution in [2.75, 3.05) is 32.7 Å². The molecule has 2 N–H and O–H groups in total. The molecule has 2 aliphatic heterocycles. The van der Waals surface area contributed by atoms with Crippen molar-refractivity contribution in [3.63, 3.8) is 0 Å². The summed E-state index contributed by atoms with van der Waals surface area (Å²) in [6.45, 7) is 8.53. The molecule has 2 aliphatic rings. The first kappa shape index (κ1) is 11.4. The summed E-state index contributed by atoms with van der Waals surface area (Å²) in [4.78, 5) is 5.18. The molecule has 0 amide bonds. The van der Waals surface area contributed by atoms with Gasteiger partial charge in [0, 0.05) is 31.7 Å². The van der Waals surface area contributed by atoms with Gasteiger partial charge in [0.05, 0.1) is 0 Å². The van der Waals surface area contributed by atoms with Crippen molar-refractivity contribution < 1.29 is 0 Å². The lowest BCUT2D eigenvalue weighted by Gasteiger charge is -2.33. The van der Waals surface area contributed by atoms with E-state index in [1.165, 1.54) is 51.9 Å². The van der Waals surface area contributed by atoms with E-state index in [4.69, 9.17) is 5.73 Å². The van der Waals surface area contributed by atoms with Crippen LogP contribution in [0.1, 0.15) is 32.6 Å². The summed E-state index contributed by atoms with van der Waals surface area (Å²) in [5, 5.41) is 0. The first-order valence-corrected chi connectivity index (χ1v) is 6.47. The zero-order valence-corrected chi connectivity index (χ0v) is 9.99. The molecule has 0 spiro atoms. The summed E-state index contributed by atoms with van der Waals surface area (Å²) in [6.07, 6.45) is 5.41. The standard InChI is InChI=1S/C12H25N3/c1-11(15-8-5-12(13)10-15)9-14-6-3-2-4-7-14/h11-12H,2-10,13H2,1H3. The van der Waals surface area contributed by atoms with Gasteiger partial charge in [-0.2, -0.15) is 0 Å². The highest BCUT2D eigenvalue weighted by Gasteiger charge is 2.24. The second kappa shape index (κ2) is 5.28. The average Bonchev–Trinajstić information content (AvgIpc) is 2.66. The van der Waals surface area contributed by atoms with Gasteiger partial charge in [-0.1, -0.05) is 6.42 Å². The topological polar surface area (TPSA) is 32.5 Å². The second-order valence-electron chi connectivity index (χ2n) is 5.25. The van der Waals surface area contributed by atoms with Gasteiger partial charge in [0.1, 0.15) is 0 Å². The minimum Gasteiger partial charge on any atom is -0.326 e. The molecule has 2 unspecified atom stereocenters. The van der Waals surface area contributed by atoms with E-state index in [9.17, 15) is 0 Å². The number of hydrogen-bond acceptors (Lipinski definition) is 3. The molecule has 0 radical (unpaired) electrons. The summed E-state index contributed by atoms with van der Waals surface area (Å²) in [5.41, 5.74) is 5.94. The molecule has 2 heterocycles. The summed E-state index contributed by atoms with van der Waals surface area (Å²) in [5.74, 6) is 0. The van der Waals surface area contributed by atoms with Crippen LogP contribution in [0.2, 0.25) is 0 Å². The molecule has 0 saturated carbocycles. The third-order valence-corrected chi connectivity index (χ3v) is 3.85. The van der Waals surface area contributed by atoms with Crippen LogP contribution in [0, 0.1) is 0 Å². The fourth-order valence-corrected chi connectivity index (χ4v) is 2.85. The molecule has 2 saturated heterocycles. The third kappa shape index (κ3) is 3.16. The van der Waals surface area contributed by atoms with Crippen molar-refractivity contribution in [3.8, 4) is 0 Å². The predicted molar refractivity (Wildman–Crippen MR) is 63.9 cm³/mol. The van der Waals surface area contributed by atoms with E-state index in [2.05, 4.69) is 16.7 Å². The van der Waals surface area contributed by atoms with Crippen LogP contribution < -0.4 is 5.73 Å². The normalized spacial score (nSPS) is 32.0. The van der Waals surface area contributed by atoms with Crippen LogP contribution in [0.15, 0.2) is 0 Å². The fourth-order valence-electron chi connectivity index (χ4n) is 2.85. The van der Waals surface area contributed by atoms with E-state index in [1.54, 1.807) is 0 Å². The number of rotatable bonds is 3. The molecule has 0 aromatic heterocycles. The van der Waals surface area contributed by atoms with Gasteiger partial charge < -0.3 is 10.6 Å². The third-order valence-electron chi connectivity index (χ3n) is 3.85. The van der Waals surface area contributed by atoms with E-state index in [-0.39, 0.29) is 0 Å². The van der Waals surface area contributed by atoms with Crippen molar-refractivity contribution in [1.82, 2.24) is 9.80 Å². The number of hydrogen-bond donors (Lipinski definition) is 1. The van der Waals surface area contributed by atoms with Gasteiger partial charge in [-0.15, -0.1) is 0 Å². The summed E-state index contributed by atoms with van der Waals surface area (Å²) >= 11 is 0. The molecule has 2 fully saturated rings. The van der Waals surface area contributed by atoms with Crippen molar-refractivity contribution in [1.29, 1.82) is 0 Å². The Morgan fingerprint density at radius 2 is 1.93 bits per heavy atom. The Hall–Kier alpha value is -0.120. The van der Waals surface area contributed by atoms with Gasteiger partial charge in [0.2, 0.25) is 0 Å². The Bertz CT molecular complexity index is 189. The van der Waals surface area contributed by atoms with E-state index in [0.29, 0.717) is 12.1 Å². The Labute approximate surface area is 93.6 Å². The minimum atomic E-state index is 0.425. The quantitative estimate of drug-likeness (QED) is 0.752. The maximum absolute atomic E-state index is 5.94. The molecule has 0 bridgehead atoms. The fraction of sp³-hybridized carbons (Fsp3) is 1.00. The van der Waals surface area contributed by atoms with Crippen LogP contribution >= 0.6 is 0 Å². The molecule has 3 heteroatoms. The molecule has 88 valence electrons. The van der Waals surface area contributed by atoms with E-state index < -0.39 is 0 Å². The molecule has 2 atom stereocenters. The van der Waals surface area contributed by atoms with Crippen molar-refractivity contribution in [2.45, 2.75) is 44.7 Å².